The number of carbonyl (C=O) groups excluding carboxylic acids is 1. The molecule has 0 spiro atoms. The zero-order chi connectivity index (χ0) is 25.6. The third kappa shape index (κ3) is 39.0. The number of hydrogen-bond acceptors (Lipinski definition) is 4. The van der Waals surface area contributed by atoms with E-state index in [0.717, 1.165) is 25.7 Å². The number of carbonyl (C=O) groups is 2. The summed E-state index contributed by atoms with van der Waals surface area (Å²) in [6, 6.07) is 0. The average Bonchev–Trinajstić information content (AvgIpc) is 2.81. The molecule has 5 nitrogen and oxygen atoms in total. The van der Waals surface area contributed by atoms with Gasteiger partial charge in [-0.3, -0.25) is 9.68 Å². The van der Waals surface area contributed by atoms with Crippen LogP contribution in [0.25, 0.3) is 0 Å². The van der Waals surface area contributed by atoms with Crippen molar-refractivity contribution < 1.29 is 24.8 Å². The Hall–Kier alpha value is -0.561. The molecule has 0 rings (SSSR count). The maximum absolute atomic E-state index is 10.5. The Morgan fingerprint density at radius 2 is 1.18 bits per heavy atom. The molecule has 0 aromatic rings. The van der Waals surface area contributed by atoms with E-state index in [1.54, 1.807) is 21.9 Å². The van der Waals surface area contributed by atoms with Crippen LogP contribution in [0, 0.1) is 0 Å². The normalized spacial score (nSPS) is 10.5. The first-order valence-electron chi connectivity index (χ1n) is 13.4. The molecule has 0 aromatic carbocycles. The van der Waals surface area contributed by atoms with Gasteiger partial charge in [0.25, 0.3) is 0 Å². The topological polar surface area (TPSA) is 83.8 Å². The second-order valence-corrected chi connectivity index (χ2v) is 12.8. The molecule has 2 N–H and O–H groups in total. The van der Waals surface area contributed by atoms with E-state index in [2.05, 4.69) is 25.7 Å². The van der Waals surface area contributed by atoms with Crippen LogP contribution in [0.2, 0.25) is 8.87 Å². The molecule has 0 aliphatic rings. The minimum atomic E-state index is -0.673. The zero-order valence-corrected chi connectivity index (χ0v) is 25.3. The number of carboxylic acids is 1. The van der Waals surface area contributed by atoms with Crippen molar-refractivity contribution in [1.82, 2.24) is 0 Å². The van der Waals surface area contributed by atoms with Crippen molar-refractivity contribution in [3.05, 3.63) is 11.6 Å². The monoisotopic (exact) mass is 578 g/mol. The van der Waals surface area contributed by atoms with Crippen LogP contribution in [0.3, 0.4) is 0 Å². The van der Waals surface area contributed by atoms with Crippen LogP contribution in [0.15, 0.2) is 11.6 Å². The number of aliphatic carboxylic acids is 1. The molecule has 2 radical (unpaired) electrons. The first kappa shape index (κ1) is 37.0. The van der Waals surface area contributed by atoms with Gasteiger partial charge in [-0.2, -0.15) is 5.26 Å². The molecule has 33 heavy (non-hydrogen) atoms. The van der Waals surface area contributed by atoms with E-state index >= 15 is 0 Å². The molecule has 196 valence electrons. The Labute approximate surface area is 215 Å². The molecule has 0 fully saturated rings. The number of allylic oxidation sites excluding steroid dienone is 1. The summed E-state index contributed by atoms with van der Waals surface area (Å²) in [4.78, 5) is 24.2. The predicted molar refractivity (Wildman–Crippen MR) is 142 cm³/mol. The van der Waals surface area contributed by atoms with Crippen LogP contribution in [-0.4, -0.2) is 43.4 Å². The van der Waals surface area contributed by atoms with Crippen LogP contribution in [0.5, 0.6) is 0 Å². The van der Waals surface area contributed by atoms with Crippen LogP contribution in [-0.2, 0) is 14.5 Å². The molecule has 0 saturated heterocycles. The Kier molecular flexibility index (Phi) is 37.7. The van der Waals surface area contributed by atoms with Gasteiger partial charge in [0.05, 0.1) is 0 Å². The van der Waals surface area contributed by atoms with Gasteiger partial charge in [-0.05, 0) is 19.8 Å². The second-order valence-electron chi connectivity index (χ2n) is 8.48. The van der Waals surface area contributed by atoms with E-state index in [1.807, 2.05) is 6.92 Å². The summed E-state index contributed by atoms with van der Waals surface area (Å²) in [5, 5.41) is 16.3. The summed E-state index contributed by atoms with van der Waals surface area (Å²) in [6.07, 6.45) is 20.9. The van der Waals surface area contributed by atoms with E-state index in [9.17, 15) is 9.59 Å². The van der Waals surface area contributed by atoms with Crippen LogP contribution in [0.4, 0.5) is 0 Å². The van der Waals surface area contributed by atoms with Gasteiger partial charge in [0.1, 0.15) is 0 Å². The second kappa shape index (κ2) is 33.6. The summed E-state index contributed by atoms with van der Waals surface area (Å²) < 4.78 is 3.25. The van der Waals surface area contributed by atoms with Crippen LogP contribution >= 0.6 is 0 Å². The van der Waals surface area contributed by atoms with Crippen molar-refractivity contribution in [3.8, 4) is 0 Å². The van der Waals surface area contributed by atoms with E-state index < -0.39 is 11.9 Å². The number of rotatable bonds is 19. The van der Waals surface area contributed by atoms with Gasteiger partial charge in [0.15, 0.2) is 0 Å². The van der Waals surface area contributed by atoms with Crippen LogP contribution < -0.4 is 0 Å². The van der Waals surface area contributed by atoms with E-state index in [1.165, 1.54) is 70.6 Å². The van der Waals surface area contributed by atoms with E-state index in [4.69, 9.17) is 10.4 Å². The fraction of sp³-hybridized carbons (Fsp3) is 0.852. The Balaban J connectivity index is -0.000000423. The number of hydrogen-bond donors (Lipinski definition) is 2. The molecule has 0 bridgehead atoms. The van der Waals surface area contributed by atoms with Gasteiger partial charge in [0, 0.05) is 12.0 Å². The summed E-state index contributed by atoms with van der Waals surface area (Å²) >= 11 is 0.149. The average molecular weight is 577 g/mol. The summed E-state index contributed by atoms with van der Waals surface area (Å²) in [6.45, 7) is 10.4. The summed E-state index contributed by atoms with van der Waals surface area (Å²) in [7, 11) is 0. The molecule has 0 unspecified atom stereocenters. The van der Waals surface area contributed by atoms with Crippen LogP contribution in [0.1, 0.15) is 137 Å². The first-order valence-corrected chi connectivity index (χ1v) is 17.4. The molecule has 0 aliphatic carbocycles. The third-order valence-electron chi connectivity index (χ3n) is 5.05. The van der Waals surface area contributed by atoms with Crippen molar-refractivity contribution >= 4 is 33.1 Å². The Morgan fingerprint density at radius 3 is 1.58 bits per heavy atom. The predicted octanol–water partition coefficient (Wildman–Crippen LogP) is 8.87. The van der Waals surface area contributed by atoms with Crippen molar-refractivity contribution in [1.29, 1.82) is 0 Å². The molecule has 0 amide bonds. The van der Waals surface area contributed by atoms with Gasteiger partial charge in [-0.25, -0.2) is 4.79 Å². The Morgan fingerprint density at radius 1 is 0.727 bits per heavy atom. The fourth-order valence-corrected chi connectivity index (χ4v) is 6.99. The van der Waals surface area contributed by atoms with Gasteiger partial charge in [-0.1, -0.05) is 77.7 Å². The minimum absolute atomic E-state index is 0.149. The van der Waals surface area contributed by atoms with Gasteiger partial charge < -0.3 is 5.11 Å². The van der Waals surface area contributed by atoms with Crippen molar-refractivity contribution in [2.75, 3.05) is 0 Å². The third-order valence-corrected chi connectivity index (χ3v) is 9.09. The SMILES string of the molecule is CCCC=C(C)C(=O)OO.CCCCCCCCCCCC(=O)O.CCC[CH2][Sn][CH2]CCC. The van der Waals surface area contributed by atoms with Crippen molar-refractivity contribution in [2.45, 2.75) is 146 Å². The number of unbranched alkanes of at least 4 members (excludes halogenated alkanes) is 11. The quantitative estimate of drug-likeness (QED) is 0.0527. The molecule has 0 heterocycles. The van der Waals surface area contributed by atoms with Crippen molar-refractivity contribution in [2.24, 2.45) is 0 Å². The van der Waals surface area contributed by atoms with E-state index in [-0.39, 0.29) is 21.1 Å². The summed E-state index contributed by atoms with van der Waals surface area (Å²) in [5.74, 6) is -1.33. The first-order chi connectivity index (χ1) is 15.9. The van der Waals surface area contributed by atoms with Gasteiger partial charge >= 0.3 is 81.5 Å². The number of carboxylic acid groups (broad SMARTS) is 1. The molecule has 0 aromatic heterocycles. The fourth-order valence-electron chi connectivity index (χ4n) is 2.83. The van der Waals surface area contributed by atoms with E-state index in [0.29, 0.717) is 12.0 Å². The molecule has 0 saturated carbocycles. The van der Waals surface area contributed by atoms with Crippen molar-refractivity contribution in [3.63, 3.8) is 0 Å². The standard InChI is InChI=1S/C12H24O2.C7H12O3.2C4H9.Sn/c1-2-3-4-5-6-7-8-9-10-11-12(13)14;1-3-4-5-6(2)7(8)10-9;2*1-3-4-2;/h2-11H2,1H3,(H,13,14);5,9H,3-4H2,1-2H3;2*1,3-4H2,2H3;. The summed E-state index contributed by atoms with van der Waals surface area (Å²) in [5.41, 5.74) is 0.448. The maximum atomic E-state index is 10.5. The molecular weight excluding hydrogens is 523 g/mol. The van der Waals surface area contributed by atoms with Gasteiger partial charge in [-0.15, -0.1) is 0 Å². The Bertz CT molecular complexity index is 432. The molecule has 6 heteroatoms. The molecule has 0 atom stereocenters. The van der Waals surface area contributed by atoms with Gasteiger partial charge in [0.2, 0.25) is 0 Å². The molecule has 0 aliphatic heterocycles. The zero-order valence-electron chi connectivity index (χ0n) is 22.4. The molecular formula is C27H54O5Sn.